The van der Waals surface area contributed by atoms with Gasteiger partial charge in [-0.05, 0) is 37.1 Å². The maximum Gasteiger partial charge on any atom is 0.303 e. The van der Waals surface area contributed by atoms with Crippen LogP contribution in [0.1, 0.15) is 23.2 Å². The molecule has 0 radical (unpaired) electrons. The molecule has 0 aliphatic heterocycles. The largest absolute Gasteiger partial charge is 0.481 e. The molecule has 1 heterocycles. The number of benzene rings is 1. The van der Waals surface area contributed by atoms with Gasteiger partial charge in [0.15, 0.2) is 0 Å². The Kier molecular flexibility index (Phi) is 3.85. The number of oxazole rings is 1. The van der Waals surface area contributed by atoms with E-state index in [2.05, 4.69) is 10.3 Å². The average molecular weight is 260 g/mol. The molecule has 0 spiro atoms. The van der Waals surface area contributed by atoms with Gasteiger partial charge in [-0.25, -0.2) is 0 Å². The third-order valence-electron chi connectivity index (χ3n) is 2.90. The van der Waals surface area contributed by atoms with Gasteiger partial charge in [0.05, 0.1) is 12.1 Å². The number of carboxylic acid groups (broad SMARTS) is 1. The lowest BCUT2D eigenvalue weighted by atomic mass is 10.1. The first-order chi connectivity index (χ1) is 9.04. The molecular formula is C14H16N2O3. The highest BCUT2D eigenvalue weighted by atomic mass is 16.4. The maximum absolute atomic E-state index is 10.5. The summed E-state index contributed by atoms with van der Waals surface area (Å²) in [5.41, 5.74) is 3.94. The van der Waals surface area contributed by atoms with E-state index < -0.39 is 5.97 Å². The van der Waals surface area contributed by atoms with E-state index in [1.807, 2.05) is 32.0 Å². The monoisotopic (exact) mass is 260 g/mol. The molecule has 2 aromatic rings. The molecular weight excluding hydrogens is 244 g/mol. The van der Waals surface area contributed by atoms with Gasteiger partial charge in [0.2, 0.25) is 0 Å². The second-order valence-electron chi connectivity index (χ2n) is 4.46. The number of nitrogens with zero attached hydrogens (tertiary/aromatic N) is 1. The molecule has 0 aliphatic rings. The van der Waals surface area contributed by atoms with Crippen LogP contribution in [0.5, 0.6) is 0 Å². The quantitative estimate of drug-likeness (QED) is 0.864. The Morgan fingerprint density at radius 3 is 2.84 bits per heavy atom. The summed E-state index contributed by atoms with van der Waals surface area (Å²) in [7, 11) is 0. The first-order valence-corrected chi connectivity index (χ1v) is 6.05. The molecule has 0 unspecified atom stereocenters. The van der Waals surface area contributed by atoms with Crippen LogP contribution >= 0.6 is 0 Å². The van der Waals surface area contributed by atoms with Gasteiger partial charge < -0.3 is 14.8 Å². The van der Waals surface area contributed by atoms with E-state index in [1.165, 1.54) is 17.4 Å². The van der Waals surface area contributed by atoms with Crippen molar-refractivity contribution in [1.29, 1.82) is 0 Å². The SMILES string of the molecule is Cc1ccc(Nc2nc(CCC(=O)O)co2)cc1C. The third kappa shape index (κ3) is 3.58. The Bertz CT molecular complexity index is 590. The highest BCUT2D eigenvalue weighted by Gasteiger charge is 2.06. The van der Waals surface area contributed by atoms with Crippen molar-refractivity contribution in [3.8, 4) is 0 Å². The van der Waals surface area contributed by atoms with E-state index in [1.54, 1.807) is 0 Å². The Balaban J connectivity index is 2.02. The van der Waals surface area contributed by atoms with Crippen LogP contribution in [0.25, 0.3) is 0 Å². The molecule has 0 fully saturated rings. The number of hydrogen-bond acceptors (Lipinski definition) is 4. The molecule has 0 aliphatic carbocycles. The number of rotatable bonds is 5. The molecule has 5 nitrogen and oxygen atoms in total. The zero-order valence-corrected chi connectivity index (χ0v) is 10.9. The molecule has 0 amide bonds. The Hall–Kier alpha value is -2.30. The van der Waals surface area contributed by atoms with Crippen molar-refractivity contribution in [2.75, 3.05) is 5.32 Å². The summed E-state index contributed by atoms with van der Waals surface area (Å²) < 4.78 is 5.26. The van der Waals surface area contributed by atoms with Crippen LogP contribution in [0.2, 0.25) is 0 Å². The summed E-state index contributed by atoms with van der Waals surface area (Å²) in [5.74, 6) is -0.841. The standard InChI is InChI=1S/C14H16N2O3/c1-9-3-4-11(7-10(9)2)15-14-16-12(8-19-14)5-6-13(17)18/h3-4,7-8H,5-6H2,1-2H3,(H,15,16)(H,17,18). The molecule has 0 saturated carbocycles. The molecule has 100 valence electrons. The van der Waals surface area contributed by atoms with Crippen LogP contribution < -0.4 is 5.32 Å². The van der Waals surface area contributed by atoms with Crippen molar-refractivity contribution in [1.82, 2.24) is 4.98 Å². The van der Waals surface area contributed by atoms with E-state index in [0.717, 1.165) is 5.69 Å². The predicted molar refractivity (Wildman–Crippen MR) is 71.7 cm³/mol. The number of aryl methyl sites for hydroxylation is 3. The van der Waals surface area contributed by atoms with Crippen molar-refractivity contribution >= 4 is 17.7 Å². The summed E-state index contributed by atoms with van der Waals surface area (Å²) in [6.07, 6.45) is 1.90. The van der Waals surface area contributed by atoms with Crippen molar-refractivity contribution < 1.29 is 14.3 Å². The van der Waals surface area contributed by atoms with Gasteiger partial charge in [-0.15, -0.1) is 0 Å². The van der Waals surface area contributed by atoms with Crippen molar-refractivity contribution in [2.45, 2.75) is 26.7 Å². The zero-order chi connectivity index (χ0) is 13.8. The zero-order valence-electron chi connectivity index (χ0n) is 10.9. The van der Waals surface area contributed by atoms with Gasteiger partial charge in [-0.2, -0.15) is 4.98 Å². The maximum atomic E-state index is 10.5. The molecule has 5 heteroatoms. The van der Waals surface area contributed by atoms with Gasteiger partial charge >= 0.3 is 5.97 Å². The molecule has 0 saturated heterocycles. The highest BCUT2D eigenvalue weighted by Crippen LogP contribution is 2.19. The van der Waals surface area contributed by atoms with E-state index >= 15 is 0 Å². The van der Waals surface area contributed by atoms with Crippen LogP contribution in [-0.2, 0) is 11.2 Å². The van der Waals surface area contributed by atoms with Crippen LogP contribution in [-0.4, -0.2) is 16.1 Å². The molecule has 1 aromatic heterocycles. The molecule has 1 aromatic carbocycles. The minimum atomic E-state index is -0.841. The van der Waals surface area contributed by atoms with E-state index in [4.69, 9.17) is 9.52 Å². The fourth-order valence-corrected chi connectivity index (χ4v) is 1.66. The third-order valence-corrected chi connectivity index (χ3v) is 2.90. The summed E-state index contributed by atoms with van der Waals surface area (Å²) in [6, 6.07) is 6.36. The number of hydrogen-bond donors (Lipinski definition) is 2. The van der Waals surface area contributed by atoms with Crippen LogP contribution in [0.3, 0.4) is 0 Å². The first kappa shape index (κ1) is 13.1. The Labute approximate surface area is 111 Å². The minimum Gasteiger partial charge on any atom is -0.481 e. The summed E-state index contributed by atoms with van der Waals surface area (Å²) in [4.78, 5) is 14.7. The lowest BCUT2D eigenvalue weighted by molar-refractivity contribution is -0.136. The molecule has 0 bridgehead atoms. The van der Waals surface area contributed by atoms with Crippen molar-refractivity contribution in [3.05, 3.63) is 41.3 Å². The first-order valence-electron chi connectivity index (χ1n) is 6.05. The van der Waals surface area contributed by atoms with Gasteiger partial charge in [-0.1, -0.05) is 6.07 Å². The van der Waals surface area contributed by atoms with Crippen molar-refractivity contribution in [3.63, 3.8) is 0 Å². The van der Waals surface area contributed by atoms with E-state index in [9.17, 15) is 4.79 Å². The second kappa shape index (κ2) is 5.56. The number of aromatic nitrogens is 1. The normalized spacial score (nSPS) is 10.4. The fourth-order valence-electron chi connectivity index (χ4n) is 1.66. The Morgan fingerprint density at radius 2 is 2.16 bits per heavy atom. The molecule has 2 N–H and O–H groups in total. The smallest absolute Gasteiger partial charge is 0.303 e. The minimum absolute atomic E-state index is 0.0512. The number of aliphatic carboxylic acids is 1. The van der Waals surface area contributed by atoms with Gasteiger partial charge in [0.25, 0.3) is 6.01 Å². The Morgan fingerprint density at radius 1 is 1.37 bits per heavy atom. The lowest BCUT2D eigenvalue weighted by Crippen LogP contribution is -1.98. The number of nitrogens with one attached hydrogen (secondary N) is 1. The average Bonchev–Trinajstić information content (AvgIpc) is 2.79. The fraction of sp³-hybridized carbons (Fsp3) is 0.286. The van der Waals surface area contributed by atoms with E-state index in [-0.39, 0.29) is 6.42 Å². The molecule has 0 atom stereocenters. The van der Waals surface area contributed by atoms with Gasteiger partial charge in [0, 0.05) is 12.1 Å². The summed E-state index contributed by atoms with van der Waals surface area (Å²) in [6.45, 7) is 4.09. The number of anilines is 2. The number of carboxylic acids is 1. The highest BCUT2D eigenvalue weighted by molar-refractivity contribution is 5.67. The summed E-state index contributed by atoms with van der Waals surface area (Å²) >= 11 is 0. The van der Waals surface area contributed by atoms with Crippen LogP contribution in [0.4, 0.5) is 11.7 Å². The van der Waals surface area contributed by atoms with Gasteiger partial charge in [0.1, 0.15) is 6.26 Å². The number of carbonyl (C=O) groups is 1. The van der Waals surface area contributed by atoms with Crippen molar-refractivity contribution in [2.24, 2.45) is 0 Å². The molecule has 19 heavy (non-hydrogen) atoms. The van der Waals surface area contributed by atoms with Gasteiger partial charge in [-0.3, -0.25) is 4.79 Å². The predicted octanol–water partition coefficient (Wildman–Crippen LogP) is 3.05. The second-order valence-corrected chi connectivity index (χ2v) is 4.46. The molecule has 2 rings (SSSR count). The van der Waals surface area contributed by atoms with Crippen LogP contribution in [0, 0.1) is 13.8 Å². The van der Waals surface area contributed by atoms with E-state index in [0.29, 0.717) is 18.1 Å². The lowest BCUT2D eigenvalue weighted by Gasteiger charge is -2.04. The van der Waals surface area contributed by atoms with Crippen LogP contribution in [0.15, 0.2) is 28.9 Å². The summed E-state index contributed by atoms with van der Waals surface area (Å²) in [5, 5.41) is 11.7. The topological polar surface area (TPSA) is 75.4 Å².